The van der Waals surface area contributed by atoms with Crippen LogP contribution in [0, 0.1) is 5.92 Å². The summed E-state index contributed by atoms with van der Waals surface area (Å²) in [5, 5.41) is 0. The van der Waals surface area contributed by atoms with E-state index in [1.165, 1.54) is 24.8 Å². The number of carbonyl (C=O) groups is 1. The maximum absolute atomic E-state index is 11.8. The number of hydrogen-bond acceptors (Lipinski definition) is 2. The molecule has 2 atom stereocenters. The van der Waals surface area contributed by atoms with Crippen LogP contribution in [0.15, 0.2) is 30.3 Å². The van der Waals surface area contributed by atoms with E-state index < -0.39 is 0 Å². The topological polar surface area (TPSA) is 29.3 Å². The first kappa shape index (κ1) is 14.8. The molecule has 0 saturated heterocycles. The predicted octanol–water partition coefficient (Wildman–Crippen LogP) is 3.19. The molecule has 1 aromatic rings. The summed E-state index contributed by atoms with van der Waals surface area (Å²) in [5.41, 5.74) is 2.52. The fourth-order valence-corrected chi connectivity index (χ4v) is 3.01. The van der Waals surface area contributed by atoms with Crippen molar-refractivity contribution in [1.82, 2.24) is 0 Å². The third kappa shape index (κ3) is 3.09. The summed E-state index contributed by atoms with van der Waals surface area (Å²) in [4.78, 5) is 11.8. The number of methoxy groups -OCH3 is 1. The van der Waals surface area contributed by atoms with Crippen LogP contribution < -0.4 is 0 Å². The summed E-state index contributed by atoms with van der Waals surface area (Å²) in [5.74, 6) is -0.279. The molecule has 0 saturated carbocycles. The third-order valence-corrected chi connectivity index (χ3v) is 4.25. The average Bonchev–Trinajstić information content (AvgIpc) is 2.53. The lowest BCUT2D eigenvalue weighted by atomic mass is 9.95. The van der Waals surface area contributed by atoms with Gasteiger partial charge in [0.15, 0.2) is 11.8 Å². The van der Waals surface area contributed by atoms with Gasteiger partial charge in [0.2, 0.25) is 0 Å². The zero-order valence-corrected chi connectivity index (χ0v) is 12.6. The molecule has 0 fully saturated rings. The largest absolute Gasteiger partial charge is 0.468 e. The van der Waals surface area contributed by atoms with E-state index in [0.29, 0.717) is 6.04 Å². The molecule has 108 valence electrons. The van der Waals surface area contributed by atoms with Crippen LogP contribution in [0.5, 0.6) is 0 Å². The quantitative estimate of drug-likeness (QED) is 0.623. The summed E-state index contributed by atoms with van der Waals surface area (Å²) in [6.45, 7) is 5.19. The Labute approximate surface area is 121 Å². The zero-order valence-electron chi connectivity index (χ0n) is 12.6. The first-order valence-corrected chi connectivity index (χ1v) is 7.40. The van der Waals surface area contributed by atoms with Crippen molar-refractivity contribution in [2.24, 2.45) is 5.92 Å². The molecule has 0 amide bonds. The van der Waals surface area contributed by atoms with Gasteiger partial charge >= 0.3 is 5.97 Å². The molecule has 0 bridgehead atoms. The van der Waals surface area contributed by atoms with E-state index >= 15 is 0 Å². The minimum Gasteiger partial charge on any atom is -0.468 e. The molecule has 0 spiro atoms. The maximum Gasteiger partial charge on any atom is 0.318 e. The van der Waals surface area contributed by atoms with Gasteiger partial charge in [-0.2, -0.15) is 0 Å². The van der Waals surface area contributed by atoms with E-state index in [-0.39, 0.29) is 11.9 Å². The molecule has 0 aliphatic carbocycles. The molecule has 1 heterocycles. The Kier molecular flexibility index (Phi) is 4.94. The molecular formula is C17H24NO2+. The van der Waals surface area contributed by atoms with E-state index in [2.05, 4.69) is 35.8 Å². The predicted molar refractivity (Wildman–Crippen MR) is 80.0 cm³/mol. The highest BCUT2D eigenvalue weighted by molar-refractivity contribution is 5.99. The molecule has 2 rings (SSSR count). The lowest BCUT2D eigenvalue weighted by Gasteiger charge is -2.22. The van der Waals surface area contributed by atoms with Crippen molar-refractivity contribution in [3.63, 3.8) is 0 Å². The molecule has 0 N–H and O–H groups in total. The number of esters is 1. The number of ether oxygens (including phenoxy) is 1. The standard InChI is InChI=1S/C17H24NO2/c1-13(17(19)20-3)16-11-7-8-12-18(16)14(2)15-9-5-4-6-10-15/h4-6,9-10,13-14H,7-8,11-12H2,1-3H3/q+1/t13?,14-/m0/s1. The third-order valence-electron chi connectivity index (χ3n) is 4.25. The molecule has 3 heteroatoms. The van der Waals surface area contributed by atoms with Gasteiger partial charge < -0.3 is 4.74 Å². The molecule has 0 radical (unpaired) electrons. The van der Waals surface area contributed by atoms with Gasteiger partial charge in [-0.1, -0.05) is 30.3 Å². The number of carbonyl (C=O) groups excluding carboxylic acids is 1. The number of nitrogens with zero attached hydrogens (tertiary/aromatic N) is 1. The fraction of sp³-hybridized carbons (Fsp3) is 0.529. The Morgan fingerprint density at radius 2 is 1.90 bits per heavy atom. The van der Waals surface area contributed by atoms with Crippen LogP contribution in [0.2, 0.25) is 0 Å². The van der Waals surface area contributed by atoms with E-state index in [0.717, 1.165) is 19.4 Å². The highest BCUT2D eigenvalue weighted by atomic mass is 16.5. The lowest BCUT2D eigenvalue weighted by Crippen LogP contribution is -2.36. The van der Waals surface area contributed by atoms with Crippen molar-refractivity contribution < 1.29 is 14.1 Å². The highest BCUT2D eigenvalue weighted by Crippen LogP contribution is 2.23. The van der Waals surface area contributed by atoms with Crippen LogP contribution in [0.3, 0.4) is 0 Å². The van der Waals surface area contributed by atoms with Gasteiger partial charge in [-0.25, -0.2) is 4.58 Å². The summed E-state index contributed by atoms with van der Waals surface area (Å²) in [6.07, 6.45) is 3.34. The van der Waals surface area contributed by atoms with Gasteiger partial charge in [0.25, 0.3) is 0 Å². The Morgan fingerprint density at radius 1 is 1.20 bits per heavy atom. The van der Waals surface area contributed by atoms with Gasteiger partial charge in [-0.3, -0.25) is 4.79 Å². The van der Waals surface area contributed by atoms with Crippen molar-refractivity contribution in [2.75, 3.05) is 13.7 Å². The molecule has 1 aliphatic rings. The Bertz CT molecular complexity index is 493. The van der Waals surface area contributed by atoms with Crippen LogP contribution in [0.25, 0.3) is 0 Å². The number of benzene rings is 1. The monoisotopic (exact) mass is 274 g/mol. The van der Waals surface area contributed by atoms with Gasteiger partial charge in [0.05, 0.1) is 7.11 Å². The van der Waals surface area contributed by atoms with Gasteiger partial charge in [-0.05, 0) is 13.3 Å². The van der Waals surface area contributed by atoms with Crippen LogP contribution in [-0.2, 0) is 9.53 Å². The first-order chi connectivity index (χ1) is 9.65. The zero-order chi connectivity index (χ0) is 14.5. The maximum atomic E-state index is 11.8. The van der Waals surface area contributed by atoms with Crippen LogP contribution >= 0.6 is 0 Å². The minimum absolute atomic E-state index is 0.132. The molecule has 1 aliphatic heterocycles. The van der Waals surface area contributed by atoms with Gasteiger partial charge in [0, 0.05) is 25.3 Å². The smallest absolute Gasteiger partial charge is 0.318 e. The summed E-state index contributed by atoms with van der Waals surface area (Å²) in [6, 6.07) is 10.8. The number of hydrogen-bond donors (Lipinski definition) is 0. The minimum atomic E-state index is -0.147. The summed E-state index contributed by atoms with van der Waals surface area (Å²) < 4.78 is 7.30. The van der Waals surface area contributed by atoms with E-state index in [1.807, 2.05) is 13.0 Å². The van der Waals surface area contributed by atoms with Crippen molar-refractivity contribution in [2.45, 2.75) is 39.2 Å². The van der Waals surface area contributed by atoms with E-state index in [4.69, 9.17) is 4.74 Å². The molecule has 0 aromatic heterocycles. The van der Waals surface area contributed by atoms with E-state index in [9.17, 15) is 4.79 Å². The molecular weight excluding hydrogens is 250 g/mol. The Balaban J connectivity index is 2.33. The van der Waals surface area contributed by atoms with Crippen LogP contribution in [-0.4, -0.2) is 29.9 Å². The van der Waals surface area contributed by atoms with Crippen molar-refractivity contribution in [3.8, 4) is 0 Å². The Morgan fingerprint density at radius 3 is 2.55 bits per heavy atom. The first-order valence-electron chi connectivity index (χ1n) is 7.40. The Hall–Kier alpha value is -1.64. The SMILES string of the molecule is COC(=O)C(C)C1=[N+]([C@@H](C)c2ccccc2)CCCC1. The fourth-order valence-electron chi connectivity index (χ4n) is 3.01. The van der Waals surface area contributed by atoms with Crippen LogP contribution in [0.1, 0.15) is 44.7 Å². The second-order valence-electron chi connectivity index (χ2n) is 5.47. The normalized spacial score (nSPS) is 18.6. The molecule has 20 heavy (non-hydrogen) atoms. The summed E-state index contributed by atoms with van der Waals surface area (Å²) in [7, 11) is 1.47. The highest BCUT2D eigenvalue weighted by Gasteiger charge is 2.33. The van der Waals surface area contributed by atoms with Crippen molar-refractivity contribution in [1.29, 1.82) is 0 Å². The molecule has 1 aromatic carbocycles. The van der Waals surface area contributed by atoms with Gasteiger partial charge in [0.1, 0.15) is 12.5 Å². The van der Waals surface area contributed by atoms with Crippen LogP contribution in [0.4, 0.5) is 0 Å². The second-order valence-corrected chi connectivity index (χ2v) is 5.47. The van der Waals surface area contributed by atoms with Crippen molar-refractivity contribution in [3.05, 3.63) is 35.9 Å². The number of rotatable bonds is 4. The average molecular weight is 274 g/mol. The molecule has 3 nitrogen and oxygen atoms in total. The van der Waals surface area contributed by atoms with Crippen molar-refractivity contribution >= 4 is 11.7 Å². The lowest BCUT2D eigenvalue weighted by molar-refractivity contribution is -0.575. The van der Waals surface area contributed by atoms with Gasteiger partial charge in [-0.15, -0.1) is 0 Å². The molecule has 1 unspecified atom stereocenters. The van der Waals surface area contributed by atoms with E-state index in [1.54, 1.807) is 0 Å². The summed E-state index contributed by atoms with van der Waals surface area (Å²) >= 11 is 0. The second kappa shape index (κ2) is 6.69.